The van der Waals surface area contributed by atoms with Crippen LogP contribution in [0, 0.1) is 0 Å². The highest BCUT2D eigenvalue weighted by Gasteiger charge is 2.19. The second kappa shape index (κ2) is 6.45. The lowest BCUT2D eigenvalue weighted by molar-refractivity contribution is 0.140. The van der Waals surface area contributed by atoms with Crippen LogP contribution in [0.5, 0.6) is 0 Å². The summed E-state index contributed by atoms with van der Waals surface area (Å²) in [7, 11) is 0. The number of hydrogen-bond donors (Lipinski definition) is 1. The smallest absolute Gasteiger partial charge is 0.264 e. The minimum Gasteiger partial charge on any atom is -0.353 e. The molecule has 0 fully saturated rings. The third-order valence-corrected chi connectivity index (χ3v) is 3.68. The molecule has 7 heteroatoms. The largest absolute Gasteiger partial charge is 0.353 e. The van der Waals surface area contributed by atoms with Gasteiger partial charge in [0.05, 0.1) is 18.5 Å². The van der Waals surface area contributed by atoms with Crippen LogP contribution < -0.4 is 5.43 Å². The van der Waals surface area contributed by atoms with E-state index in [-0.39, 0.29) is 11.6 Å². The first-order valence-corrected chi connectivity index (χ1v) is 7.40. The summed E-state index contributed by atoms with van der Waals surface area (Å²) in [6.07, 6.45) is 0.823. The number of ether oxygens (including phenoxy) is 1. The van der Waals surface area contributed by atoms with Crippen LogP contribution in [0.4, 0.5) is 8.78 Å². The van der Waals surface area contributed by atoms with Gasteiger partial charge in [-0.2, -0.15) is 10.2 Å². The van der Waals surface area contributed by atoms with Gasteiger partial charge in [-0.15, -0.1) is 0 Å². The van der Waals surface area contributed by atoms with Gasteiger partial charge in [0.1, 0.15) is 6.73 Å². The van der Waals surface area contributed by atoms with E-state index >= 15 is 0 Å². The van der Waals surface area contributed by atoms with Gasteiger partial charge in [-0.25, -0.2) is 8.78 Å². The predicted octanol–water partition coefficient (Wildman–Crippen LogP) is 3.35. The number of nitrogens with one attached hydrogen (secondary N) is 1. The van der Waals surface area contributed by atoms with Crippen LogP contribution in [0.1, 0.15) is 37.4 Å². The Morgan fingerprint density at radius 3 is 2.70 bits per heavy atom. The Balaban J connectivity index is 2.01. The van der Waals surface area contributed by atoms with Crippen molar-refractivity contribution in [3.8, 4) is 11.1 Å². The first kappa shape index (κ1) is 15.6. The quantitative estimate of drug-likeness (QED) is 0.940. The molecule has 1 aromatic heterocycles. The molecule has 3 rings (SSSR count). The lowest BCUT2D eigenvalue weighted by Crippen LogP contribution is -2.26. The third kappa shape index (κ3) is 3.24. The number of halogens is 2. The first-order chi connectivity index (χ1) is 11.1. The first-order valence-electron chi connectivity index (χ1n) is 7.40. The van der Waals surface area contributed by atoms with Crippen molar-refractivity contribution in [2.45, 2.75) is 26.3 Å². The van der Waals surface area contributed by atoms with Gasteiger partial charge in [-0.1, -0.05) is 12.1 Å². The Hall–Kier alpha value is -2.28. The van der Waals surface area contributed by atoms with Gasteiger partial charge < -0.3 is 4.74 Å². The van der Waals surface area contributed by atoms with Gasteiger partial charge in [0.25, 0.3) is 6.43 Å². The fraction of sp³-hybridized carbons (Fsp3) is 0.375. The molecule has 0 bridgehead atoms. The van der Waals surface area contributed by atoms with Crippen LogP contribution in [-0.4, -0.2) is 28.8 Å². The molecule has 0 unspecified atom stereocenters. The van der Waals surface area contributed by atoms with E-state index in [0.29, 0.717) is 35.7 Å². The van der Waals surface area contributed by atoms with Crippen LogP contribution in [0.25, 0.3) is 11.1 Å². The number of alkyl halides is 2. The molecule has 0 radical (unpaired) electrons. The molecule has 1 aliphatic heterocycles. The molecule has 23 heavy (non-hydrogen) atoms. The van der Waals surface area contributed by atoms with Crippen LogP contribution in [0.3, 0.4) is 0 Å². The SMILES string of the molecule is CC(C)n1cc(-c2ccc(C3=NNCOC3)cc2C(F)F)cn1. The number of hydrazone groups is 1. The summed E-state index contributed by atoms with van der Waals surface area (Å²) in [5, 5.41) is 8.33. The highest BCUT2D eigenvalue weighted by atomic mass is 19.3. The van der Waals surface area contributed by atoms with Crippen molar-refractivity contribution >= 4 is 5.71 Å². The van der Waals surface area contributed by atoms with Crippen LogP contribution in [0.15, 0.2) is 35.7 Å². The fourth-order valence-electron chi connectivity index (χ4n) is 2.45. The Labute approximate surface area is 133 Å². The maximum absolute atomic E-state index is 13.5. The van der Waals surface area contributed by atoms with Gasteiger partial charge in [-0.3, -0.25) is 10.1 Å². The van der Waals surface area contributed by atoms with Crippen LogP contribution in [-0.2, 0) is 4.74 Å². The molecule has 0 saturated heterocycles. The maximum atomic E-state index is 13.5. The van der Waals surface area contributed by atoms with E-state index in [2.05, 4.69) is 15.6 Å². The molecule has 0 atom stereocenters. The second-order valence-corrected chi connectivity index (χ2v) is 5.61. The van der Waals surface area contributed by atoms with E-state index < -0.39 is 6.43 Å². The minimum atomic E-state index is -2.58. The van der Waals surface area contributed by atoms with Crippen molar-refractivity contribution in [3.05, 3.63) is 41.7 Å². The molecule has 122 valence electrons. The third-order valence-electron chi connectivity index (χ3n) is 3.68. The fourth-order valence-corrected chi connectivity index (χ4v) is 2.45. The number of hydrogen-bond acceptors (Lipinski definition) is 4. The average Bonchev–Trinajstić information content (AvgIpc) is 3.05. The molecule has 2 aromatic rings. The summed E-state index contributed by atoms with van der Waals surface area (Å²) in [4.78, 5) is 0. The van der Waals surface area contributed by atoms with Crippen molar-refractivity contribution in [2.75, 3.05) is 13.3 Å². The zero-order valence-electron chi connectivity index (χ0n) is 13.0. The lowest BCUT2D eigenvalue weighted by Gasteiger charge is -2.16. The van der Waals surface area contributed by atoms with E-state index in [1.165, 1.54) is 6.07 Å². The average molecular weight is 320 g/mol. The lowest BCUT2D eigenvalue weighted by atomic mass is 9.98. The monoisotopic (exact) mass is 320 g/mol. The number of nitrogens with zero attached hydrogens (tertiary/aromatic N) is 3. The zero-order valence-corrected chi connectivity index (χ0v) is 13.0. The summed E-state index contributed by atoms with van der Waals surface area (Å²) in [5.74, 6) is 0. The van der Waals surface area contributed by atoms with Gasteiger partial charge in [-0.05, 0) is 25.5 Å². The normalized spacial score (nSPS) is 15.0. The van der Waals surface area contributed by atoms with Gasteiger partial charge in [0.2, 0.25) is 0 Å². The summed E-state index contributed by atoms with van der Waals surface area (Å²) in [5.41, 5.74) is 5.09. The van der Waals surface area contributed by atoms with E-state index in [0.717, 1.165) is 0 Å². The van der Waals surface area contributed by atoms with Gasteiger partial charge in [0.15, 0.2) is 0 Å². The van der Waals surface area contributed by atoms with E-state index in [1.54, 1.807) is 29.2 Å². The highest BCUT2D eigenvalue weighted by molar-refractivity contribution is 6.02. The van der Waals surface area contributed by atoms with E-state index in [1.807, 2.05) is 13.8 Å². The molecule has 5 nitrogen and oxygen atoms in total. The Morgan fingerprint density at radius 1 is 1.26 bits per heavy atom. The van der Waals surface area contributed by atoms with Crippen LogP contribution >= 0.6 is 0 Å². The highest BCUT2D eigenvalue weighted by Crippen LogP contribution is 2.32. The second-order valence-electron chi connectivity index (χ2n) is 5.61. The minimum absolute atomic E-state index is 0.0286. The van der Waals surface area contributed by atoms with Crippen molar-refractivity contribution in [1.82, 2.24) is 15.2 Å². The van der Waals surface area contributed by atoms with E-state index in [4.69, 9.17) is 4.74 Å². The van der Waals surface area contributed by atoms with Gasteiger partial charge in [0, 0.05) is 28.9 Å². The maximum Gasteiger partial charge on any atom is 0.264 e. The number of aromatic nitrogens is 2. The summed E-state index contributed by atoms with van der Waals surface area (Å²) >= 11 is 0. The van der Waals surface area contributed by atoms with Crippen LogP contribution in [0.2, 0.25) is 0 Å². The summed E-state index contributed by atoms with van der Waals surface area (Å²) in [6, 6.07) is 5.12. The molecule has 1 aromatic carbocycles. The van der Waals surface area contributed by atoms with Gasteiger partial charge >= 0.3 is 0 Å². The van der Waals surface area contributed by atoms with Crippen molar-refractivity contribution < 1.29 is 13.5 Å². The Kier molecular flexibility index (Phi) is 4.38. The molecule has 1 N–H and O–H groups in total. The van der Waals surface area contributed by atoms with Crippen molar-refractivity contribution in [1.29, 1.82) is 0 Å². The predicted molar refractivity (Wildman–Crippen MR) is 83.5 cm³/mol. The number of rotatable bonds is 4. The molecule has 0 saturated carbocycles. The summed E-state index contributed by atoms with van der Waals surface area (Å²) in [6.45, 7) is 4.61. The Bertz CT molecular complexity index is 725. The molecule has 0 amide bonds. The Morgan fingerprint density at radius 2 is 2.09 bits per heavy atom. The standard InChI is InChI=1S/C16H18F2N4O/c1-10(2)22-7-12(6-20-22)13-4-3-11(5-14(13)16(17)18)15-8-23-9-19-21-15/h3-7,10,16,19H,8-9H2,1-2H3. The molecular weight excluding hydrogens is 302 g/mol. The van der Waals surface area contributed by atoms with E-state index in [9.17, 15) is 8.78 Å². The molecule has 0 aliphatic carbocycles. The number of benzene rings is 1. The molecule has 0 spiro atoms. The zero-order chi connectivity index (χ0) is 16.4. The molecule has 2 heterocycles. The molecule has 1 aliphatic rings. The summed E-state index contributed by atoms with van der Waals surface area (Å²) < 4.78 is 34.0. The molecular formula is C16H18F2N4O. The van der Waals surface area contributed by atoms with Crippen molar-refractivity contribution in [2.24, 2.45) is 5.10 Å². The van der Waals surface area contributed by atoms with Crippen molar-refractivity contribution in [3.63, 3.8) is 0 Å². The topological polar surface area (TPSA) is 51.4 Å².